The number of hydrogen-bond donors (Lipinski definition) is 1. The Hall–Kier alpha value is -2.60. The zero-order valence-corrected chi connectivity index (χ0v) is 30.7. The molecule has 1 N–H and O–H groups in total. The third kappa shape index (κ3) is 9.48. The first-order valence-electron chi connectivity index (χ1n) is 18.1. The van der Waals surface area contributed by atoms with E-state index in [-0.39, 0.29) is 5.04 Å². The van der Waals surface area contributed by atoms with E-state index in [4.69, 9.17) is 9.16 Å². The van der Waals surface area contributed by atoms with Crippen LogP contribution in [0.5, 0.6) is 11.5 Å². The Morgan fingerprint density at radius 3 is 2.26 bits per heavy atom. The van der Waals surface area contributed by atoms with Crippen molar-refractivity contribution >= 4 is 8.32 Å². The average molecular weight is 641 g/mol. The van der Waals surface area contributed by atoms with Gasteiger partial charge in [0.1, 0.15) is 11.5 Å². The van der Waals surface area contributed by atoms with Crippen molar-refractivity contribution in [3.63, 3.8) is 0 Å². The van der Waals surface area contributed by atoms with Crippen molar-refractivity contribution in [1.29, 1.82) is 0 Å². The fraction of sp³-hybridized carbons (Fsp3) is 0.561. The molecule has 1 atom stereocenters. The standard InChI is InChI=1S/C41H60N2O2Si/c1-41(2,3)46(5,6)45-39-20-19-34-28-36(18-17-35(34)29-39)40-22-21-38(44-4)30-37(40)23-24-42-31-33-15-13-32(14-16-33)12-11-27-43-25-9-7-8-10-26-43/h13-16,19-22,29-30,36,42H,7-12,17-18,23-28,31H2,1-6H3. The number of fused-ring (bicyclic) bond motifs is 1. The van der Waals surface area contributed by atoms with Gasteiger partial charge in [-0.05, 0) is 159 Å². The molecule has 0 spiro atoms. The van der Waals surface area contributed by atoms with Gasteiger partial charge in [-0.25, -0.2) is 0 Å². The van der Waals surface area contributed by atoms with E-state index in [0.717, 1.165) is 43.9 Å². The molecule has 3 aromatic carbocycles. The summed E-state index contributed by atoms with van der Waals surface area (Å²) in [5.41, 5.74) is 8.67. The maximum Gasteiger partial charge on any atom is 0.250 e. The van der Waals surface area contributed by atoms with Crippen LogP contribution in [0.2, 0.25) is 18.1 Å². The van der Waals surface area contributed by atoms with Gasteiger partial charge in [0.15, 0.2) is 0 Å². The Bertz CT molecular complexity index is 1390. The second kappa shape index (κ2) is 16.0. The lowest BCUT2D eigenvalue weighted by atomic mass is 9.78. The first-order chi connectivity index (χ1) is 22.1. The molecule has 0 aromatic heterocycles. The van der Waals surface area contributed by atoms with Crippen molar-refractivity contribution in [3.05, 3.63) is 94.0 Å². The first-order valence-corrected chi connectivity index (χ1v) is 21.0. The summed E-state index contributed by atoms with van der Waals surface area (Å²) < 4.78 is 12.3. The number of ether oxygens (including phenoxy) is 1. The molecule has 1 fully saturated rings. The maximum atomic E-state index is 6.64. The van der Waals surface area contributed by atoms with Gasteiger partial charge in [-0.2, -0.15) is 0 Å². The number of benzene rings is 3. The highest BCUT2D eigenvalue weighted by atomic mass is 28.4. The topological polar surface area (TPSA) is 33.7 Å². The zero-order chi connectivity index (χ0) is 32.6. The first kappa shape index (κ1) is 34.7. The Balaban J connectivity index is 1.12. The lowest BCUT2D eigenvalue weighted by Crippen LogP contribution is -2.43. The Labute approximate surface area is 281 Å². The van der Waals surface area contributed by atoms with E-state index < -0.39 is 8.32 Å². The highest BCUT2D eigenvalue weighted by molar-refractivity contribution is 6.74. The van der Waals surface area contributed by atoms with Gasteiger partial charge < -0.3 is 19.4 Å². The van der Waals surface area contributed by atoms with Crippen LogP contribution >= 0.6 is 0 Å². The Kier molecular flexibility index (Phi) is 12.1. The summed E-state index contributed by atoms with van der Waals surface area (Å²) in [6, 6.07) is 22.9. The largest absolute Gasteiger partial charge is 0.543 e. The summed E-state index contributed by atoms with van der Waals surface area (Å²) in [5.74, 6) is 2.54. The van der Waals surface area contributed by atoms with E-state index in [0.29, 0.717) is 5.92 Å². The maximum absolute atomic E-state index is 6.64. The molecule has 1 saturated heterocycles. The van der Waals surface area contributed by atoms with Crippen LogP contribution in [0.1, 0.15) is 98.6 Å². The van der Waals surface area contributed by atoms with Crippen LogP contribution in [0.25, 0.3) is 0 Å². The third-order valence-electron chi connectivity index (χ3n) is 10.9. The minimum Gasteiger partial charge on any atom is -0.543 e. The van der Waals surface area contributed by atoms with E-state index in [1.807, 2.05) is 0 Å². The molecule has 46 heavy (non-hydrogen) atoms. The molecule has 4 nitrogen and oxygen atoms in total. The normalized spacial score (nSPS) is 17.7. The van der Waals surface area contributed by atoms with Gasteiger partial charge in [-0.15, -0.1) is 0 Å². The van der Waals surface area contributed by atoms with Gasteiger partial charge in [0, 0.05) is 6.54 Å². The smallest absolute Gasteiger partial charge is 0.250 e. The fourth-order valence-corrected chi connectivity index (χ4v) is 8.00. The lowest BCUT2D eigenvalue weighted by molar-refractivity contribution is 0.281. The predicted octanol–water partition coefficient (Wildman–Crippen LogP) is 9.49. The van der Waals surface area contributed by atoms with Crippen LogP contribution < -0.4 is 14.5 Å². The van der Waals surface area contributed by atoms with Crippen molar-refractivity contribution in [2.24, 2.45) is 0 Å². The van der Waals surface area contributed by atoms with Crippen molar-refractivity contribution < 1.29 is 9.16 Å². The Morgan fingerprint density at radius 2 is 1.54 bits per heavy atom. The monoisotopic (exact) mass is 640 g/mol. The highest BCUT2D eigenvalue weighted by Gasteiger charge is 2.39. The molecule has 3 aromatic rings. The minimum atomic E-state index is -1.85. The SMILES string of the molecule is COc1ccc(C2CCc3cc(O[Si](C)(C)C(C)(C)C)ccc3C2)c(CCNCc2ccc(CCCN3CCCCCC3)cc2)c1. The van der Waals surface area contributed by atoms with Crippen LogP contribution in [0.15, 0.2) is 60.7 Å². The molecular formula is C41H60N2O2Si. The van der Waals surface area contributed by atoms with E-state index in [2.05, 4.69) is 105 Å². The quantitative estimate of drug-likeness (QED) is 0.149. The van der Waals surface area contributed by atoms with Gasteiger partial charge in [0.2, 0.25) is 8.32 Å². The molecule has 0 bridgehead atoms. The number of hydrogen-bond acceptors (Lipinski definition) is 4. The third-order valence-corrected chi connectivity index (χ3v) is 15.3. The second-order valence-corrected chi connectivity index (χ2v) is 20.1. The van der Waals surface area contributed by atoms with Crippen LogP contribution in [0.3, 0.4) is 0 Å². The molecule has 0 saturated carbocycles. The molecule has 250 valence electrons. The summed E-state index contributed by atoms with van der Waals surface area (Å²) in [6.45, 7) is 17.3. The second-order valence-electron chi connectivity index (χ2n) is 15.4. The molecule has 5 heteroatoms. The van der Waals surface area contributed by atoms with E-state index in [1.54, 1.807) is 7.11 Å². The number of nitrogens with one attached hydrogen (secondary N) is 1. The van der Waals surface area contributed by atoms with Crippen LogP contribution in [-0.2, 0) is 32.2 Å². The Morgan fingerprint density at radius 1 is 0.826 bits per heavy atom. The van der Waals surface area contributed by atoms with Crippen molar-refractivity contribution in [1.82, 2.24) is 10.2 Å². The predicted molar refractivity (Wildman–Crippen MR) is 197 cm³/mol. The number of nitrogens with zero attached hydrogens (tertiary/aromatic N) is 1. The van der Waals surface area contributed by atoms with Gasteiger partial charge in [0.05, 0.1) is 7.11 Å². The molecule has 1 heterocycles. The van der Waals surface area contributed by atoms with E-state index >= 15 is 0 Å². The van der Waals surface area contributed by atoms with Crippen molar-refractivity contribution in [2.45, 2.75) is 116 Å². The summed E-state index contributed by atoms with van der Waals surface area (Å²) in [4.78, 5) is 2.67. The van der Waals surface area contributed by atoms with Gasteiger partial charge >= 0.3 is 0 Å². The van der Waals surface area contributed by atoms with Crippen LogP contribution in [0, 0.1) is 0 Å². The van der Waals surface area contributed by atoms with Crippen molar-refractivity contribution in [2.75, 3.05) is 33.3 Å². The number of methoxy groups -OCH3 is 1. The molecule has 5 rings (SSSR count). The van der Waals surface area contributed by atoms with E-state index in [9.17, 15) is 0 Å². The molecule has 1 unspecified atom stereocenters. The van der Waals surface area contributed by atoms with Crippen molar-refractivity contribution in [3.8, 4) is 11.5 Å². The molecule has 1 aliphatic carbocycles. The zero-order valence-electron chi connectivity index (χ0n) is 29.7. The number of aryl methyl sites for hydroxylation is 2. The minimum absolute atomic E-state index is 0.198. The summed E-state index contributed by atoms with van der Waals surface area (Å²) in [6.07, 6.45) is 12.4. The molecule has 0 amide bonds. The average Bonchev–Trinajstić information content (AvgIpc) is 3.32. The highest BCUT2D eigenvalue weighted by Crippen LogP contribution is 2.40. The molecule has 1 aliphatic heterocycles. The van der Waals surface area contributed by atoms with Crippen LogP contribution in [-0.4, -0.2) is 46.5 Å². The summed E-state index contributed by atoms with van der Waals surface area (Å²) >= 11 is 0. The fourth-order valence-electron chi connectivity index (χ4n) is 6.98. The number of likely N-dealkylation sites (tertiary alicyclic amines) is 1. The summed E-state index contributed by atoms with van der Waals surface area (Å²) in [5, 5.41) is 3.92. The lowest BCUT2D eigenvalue weighted by Gasteiger charge is -2.37. The molecule has 2 aliphatic rings. The van der Waals surface area contributed by atoms with Crippen LogP contribution in [0.4, 0.5) is 0 Å². The molecule has 0 radical (unpaired) electrons. The summed E-state index contributed by atoms with van der Waals surface area (Å²) in [7, 11) is -0.0718. The van der Waals surface area contributed by atoms with Gasteiger partial charge in [-0.1, -0.05) is 70.0 Å². The molecular weight excluding hydrogens is 581 g/mol. The van der Waals surface area contributed by atoms with E-state index in [1.165, 1.54) is 98.0 Å². The van der Waals surface area contributed by atoms with Gasteiger partial charge in [0.25, 0.3) is 0 Å². The number of rotatable bonds is 13. The van der Waals surface area contributed by atoms with Gasteiger partial charge in [-0.3, -0.25) is 0 Å².